The van der Waals surface area contributed by atoms with Gasteiger partial charge in [0.25, 0.3) is 0 Å². The van der Waals surface area contributed by atoms with Gasteiger partial charge in [0.1, 0.15) is 0 Å². The smallest absolute Gasteiger partial charge is 0.0424 e. The van der Waals surface area contributed by atoms with Crippen LogP contribution in [0.5, 0.6) is 0 Å². The first-order valence-corrected chi connectivity index (χ1v) is 7.86. The minimum absolute atomic E-state index is 0.192. The largest absolute Gasteiger partial charge is 0.122 e. The molecule has 0 bridgehead atoms. The molecule has 3 rings (SSSR count). The SMILES string of the molecule is CC(C)C(Cl)C(C)c1ccc2c(c1)Cc1ccccc1-2. The van der Waals surface area contributed by atoms with E-state index in [4.69, 9.17) is 11.6 Å². The van der Waals surface area contributed by atoms with Crippen LogP contribution in [-0.2, 0) is 6.42 Å². The van der Waals surface area contributed by atoms with E-state index < -0.39 is 0 Å². The number of hydrogen-bond acceptors (Lipinski definition) is 0. The van der Waals surface area contributed by atoms with Crippen molar-refractivity contribution in [2.45, 2.75) is 38.5 Å². The molecule has 0 saturated carbocycles. The van der Waals surface area contributed by atoms with Gasteiger partial charge in [0, 0.05) is 5.38 Å². The highest BCUT2D eigenvalue weighted by Gasteiger charge is 2.23. The van der Waals surface area contributed by atoms with Crippen LogP contribution in [-0.4, -0.2) is 5.38 Å². The molecule has 0 aromatic heterocycles. The first kappa shape index (κ1) is 13.7. The zero-order valence-electron chi connectivity index (χ0n) is 12.4. The summed E-state index contributed by atoms with van der Waals surface area (Å²) in [5, 5.41) is 0.192. The van der Waals surface area contributed by atoms with Crippen molar-refractivity contribution in [2.75, 3.05) is 0 Å². The molecule has 0 aliphatic heterocycles. The molecule has 2 unspecified atom stereocenters. The third kappa shape index (κ3) is 2.27. The second-order valence-corrected chi connectivity index (χ2v) is 6.73. The van der Waals surface area contributed by atoms with Gasteiger partial charge in [-0.2, -0.15) is 0 Å². The average molecular weight is 285 g/mol. The van der Waals surface area contributed by atoms with Crippen LogP contribution in [0.3, 0.4) is 0 Å². The van der Waals surface area contributed by atoms with Crippen LogP contribution in [0.15, 0.2) is 42.5 Å². The highest BCUT2D eigenvalue weighted by atomic mass is 35.5. The Morgan fingerprint density at radius 3 is 2.35 bits per heavy atom. The van der Waals surface area contributed by atoms with Crippen LogP contribution in [0.4, 0.5) is 0 Å². The average Bonchev–Trinajstić information content (AvgIpc) is 2.83. The highest BCUT2D eigenvalue weighted by Crippen LogP contribution is 2.39. The third-order valence-electron chi connectivity index (χ3n) is 4.46. The van der Waals surface area contributed by atoms with E-state index >= 15 is 0 Å². The van der Waals surface area contributed by atoms with Crippen LogP contribution in [0.25, 0.3) is 11.1 Å². The summed E-state index contributed by atoms with van der Waals surface area (Å²) in [6.07, 6.45) is 1.06. The Morgan fingerprint density at radius 2 is 1.60 bits per heavy atom. The van der Waals surface area contributed by atoms with E-state index in [0.29, 0.717) is 11.8 Å². The summed E-state index contributed by atoms with van der Waals surface area (Å²) in [4.78, 5) is 0. The van der Waals surface area contributed by atoms with Crippen molar-refractivity contribution in [1.82, 2.24) is 0 Å². The van der Waals surface area contributed by atoms with Gasteiger partial charge in [-0.05, 0) is 46.1 Å². The lowest BCUT2D eigenvalue weighted by atomic mass is 9.89. The molecule has 20 heavy (non-hydrogen) atoms. The fourth-order valence-electron chi connectivity index (χ4n) is 3.21. The molecular weight excluding hydrogens is 264 g/mol. The first-order chi connectivity index (χ1) is 9.58. The van der Waals surface area contributed by atoms with Crippen molar-refractivity contribution < 1.29 is 0 Å². The molecule has 104 valence electrons. The van der Waals surface area contributed by atoms with Crippen molar-refractivity contribution in [1.29, 1.82) is 0 Å². The number of halogens is 1. The minimum atomic E-state index is 0.192. The van der Waals surface area contributed by atoms with E-state index in [9.17, 15) is 0 Å². The number of alkyl halides is 1. The van der Waals surface area contributed by atoms with Gasteiger partial charge >= 0.3 is 0 Å². The summed E-state index contributed by atoms with van der Waals surface area (Å²) in [7, 11) is 0. The van der Waals surface area contributed by atoms with Crippen molar-refractivity contribution >= 4 is 11.6 Å². The van der Waals surface area contributed by atoms with E-state index in [1.165, 1.54) is 27.8 Å². The molecular formula is C19H21Cl. The van der Waals surface area contributed by atoms with Crippen molar-refractivity contribution in [2.24, 2.45) is 5.92 Å². The predicted octanol–water partition coefficient (Wildman–Crippen LogP) is 5.62. The number of hydrogen-bond donors (Lipinski definition) is 0. The summed E-state index contributed by atoms with van der Waals surface area (Å²) < 4.78 is 0. The maximum atomic E-state index is 6.54. The molecule has 2 atom stereocenters. The summed E-state index contributed by atoms with van der Waals surface area (Å²) in [5.74, 6) is 0.891. The van der Waals surface area contributed by atoms with E-state index in [1.54, 1.807) is 0 Å². The molecule has 2 aromatic rings. The zero-order chi connectivity index (χ0) is 14.3. The molecule has 2 aromatic carbocycles. The maximum absolute atomic E-state index is 6.54. The second-order valence-electron chi connectivity index (χ2n) is 6.23. The van der Waals surface area contributed by atoms with E-state index in [0.717, 1.165) is 6.42 Å². The van der Waals surface area contributed by atoms with Gasteiger partial charge in [-0.15, -0.1) is 11.6 Å². The topological polar surface area (TPSA) is 0 Å². The van der Waals surface area contributed by atoms with Crippen LogP contribution < -0.4 is 0 Å². The van der Waals surface area contributed by atoms with Crippen LogP contribution in [0.2, 0.25) is 0 Å². The molecule has 0 radical (unpaired) electrons. The lowest BCUT2D eigenvalue weighted by Gasteiger charge is -2.22. The molecule has 0 spiro atoms. The molecule has 0 amide bonds. The molecule has 0 fully saturated rings. The van der Waals surface area contributed by atoms with Gasteiger partial charge in [0.2, 0.25) is 0 Å². The third-order valence-corrected chi connectivity index (χ3v) is 5.34. The van der Waals surface area contributed by atoms with Gasteiger partial charge in [-0.3, -0.25) is 0 Å². The minimum Gasteiger partial charge on any atom is -0.122 e. The van der Waals surface area contributed by atoms with Gasteiger partial charge in [0.15, 0.2) is 0 Å². The first-order valence-electron chi connectivity index (χ1n) is 7.43. The lowest BCUT2D eigenvalue weighted by molar-refractivity contribution is 0.533. The van der Waals surface area contributed by atoms with Gasteiger partial charge < -0.3 is 0 Å². The van der Waals surface area contributed by atoms with Gasteiger partial charge in [0.05, 0.1) is 0 Å². The van der Waals surface area contributed by atoms with Crippen molar-refractivity contribution in [3.63, 3.8) is 0 Å². The normalized spacial score (nSPS) is 15.8. The Balaban J connectivity index is 1.95. The standard InChI is InChI=1S/C19H21Cl/c1-12(2)19(20)13(3)14-8-9-18-16(10-14)11-15-6-4-5-7-17(15)18/h4-10,12-13,19H,11H2,1-3H3. The Morgan fingerprint density at radius 1 is 0.900 bits per heavy atom. The van der Waals surface area contributed by atoms with E-state index in [2.05, 4.69) is 63.2 Å². The summed E-state index contributed by atoms with van der Waals surface area (Å²) in [6, 6.07) is 15.6. The monoisotopic (exact) mass is 284 g/mol. The Kier molecular flexibility index (Phi) is 3.60. The summed E-state index contributed by atoms with van der Waals surface area (Å²) in [6.45, 7) is 6.62. The summed E-state index contributed by atoms with van der Waals surface area (Å²) >= 11 is 6.54. The maximum Gasteiger partial charge on any atom is 0.0424 e. The molecule has 0 nitrogen and oxygen atoms in total. The fraction of sp³-hybridized carbons (Fsp3) is 0.368. The quantitative estimate of drug-likeness (QED) is 0.547. The molecule has 0 N–H and O–H groups in total. The summed E-state index contributed by atoms with van der Waals surface area (Å²) in [5.41, 5.74) is 7.05. The van der Waals surface area contributed by atoms with Gasteiger partial charge in [-0.25, -0.2) is 0 Å². The number of fused-ring (bicyclic) bond motifs is 3. The Bertz CT molecular complexity index is 627. The van der Waals surface area contributed by atoms with Crippen molar-refractivity contribution in [3.05, 3.63) is 59.2 Å². The Labute approximate surface area is 126 Å². The van der Waals surface area contributed by atoms with Crippen molar-refractivity contribution in [3.8, 4) is 11.1 Å². The molecule has 1 heteroatoms. The van der Waals surface area contributed by atoms with E-state index in [-0.39, 0.29) is 5.38 Å². The van der Waals surface area contributed by atoms with Crippen LogP contribution in [0, 0.1) is 5.92 Å². The lowest BCUT2D eigenvalue weighted by Crippen LogP contribution is -2.16. The molecule has 0 heterocycles. The highest BCUT2D eigenvalue weighted by molar-refractivity contribution is 6.21. The number of benzene rings is 2. The molecule has 0 saturated heterocycles. The van der Waals surface area contributed by atoms with Gasteiger partial charge in [-0.1, -0.05) is 63.2 Å². The van der Waals surface area contributed by atoms with Crippen LogP contribution >= 0.6 is 11.6 Å². The second kappa shape index (κ2) is 5.26. The fourth-order valence-corrected chi connectivity index (χ4v) is 3.35. The molecule has 1 aliphatic carbocycles. The van der Waals surface area contributed by atoms with Crippen LogP contribution in [0.1, 0.15) is 43.4 Å². The predicted molar refractivity (Wildman–Crippen MR) is 87.6 cm³/mol. The Hall–Kier alpha value is -1.27. The zero-order valence-corrected chi connectivity index (χ0v) is 13.1. The van der Waals surface area contributed by atoms with E-state index in [1.807, 2.05) is 0 Å². The number of rotatable bonds is 3. The molecule has 1 aliphatic rings.